The van der Waals surface area contributed by atoms with Crippen LogP contribution >= 0.6 is 0 Å². The highest BCUT2D eigenvalue weighted by molar-refractivity contribution is 7.85. The van der Waals surface area contributed by atoms with E-state index in [-0.39, 0.29) is 4.90 Å². The van der Waals surface area contributed by atoms with Gasteiger partial charge in [0.2, 0.25) is 0 Å². The SMILES string of the molecule is CCCCC(C(=O)O)C1(C)C(C)=Nc2ccc(S(=O)(=O)O)cc21. The molecule has 1 heterocycles. The molecule has 126 valence electrons. The summed E-state index contributed by atoms with van der Waals surface area (Å²) in [4.78, 5) is 16.0. The number of aliphatic carboxylic acids is 1. The maximum atomic E-state index is 11.8. The van der Waals surface area contributed by atoms with Gasteiger partial charge < -0.3 is 5.11 Å². The van der Waals surface area contributed by atoms with Crippen molar-refractivity contribution in [3.8, 4) is 0 Å². The number of carboxylic acids is 1. The number of carbonyl (C=O) groups is 1. The highest BCUT2D eigenvalue weighted by atomic mass is 32.2. The van der Waals surface area contributed by atoms with Crippen molar-refractivity contribution in [3.05, 3.63) is 23.8 Å². The quantitative estimate of drug-likeness (QED) is 0.775. The highest BCUT2D eigenvalue weighted by Crippen LogP contribution is 2.47. The zero-order chi connectivity index (χ0) is 17.4. The van der Waals surface area contributed by atoms with Gasteiger partial charge in [0.15, 0.2) is 0 Å². The first-order valence-corrected chi connectivity index (χ1v) is 8.97. The molecule has 2 atom stereocenters. The van der Waals surface area contributed by atoms with E-state index in [2.05, 4.69) is 4.99 Å². The van der Waals surface area contributed by atoms with Gasteiger partial charge in [0.1, 0.15) is 0 Å². The van der Waals surface area contributed by atoms with Gasteiger partial charge in [-0.25, -0.2) is 0 Å². The second-order valence-corrected chi connectivity index (χ2v) is 7.51. The van der Waals surface area contributed by atoms with E-state index in [1.165, 1.54) is 18.2 Å². The fraction of sp³-hybridized carbons (Fsp3) is 0.500. The van der Waals surface area contributed by atoms with Gasteiger partial charge in [0.05, 0.1) is 16.5 Å². The van der Waals surface area contributed by atoms with Crippen molar-refractivity contribution in [1.82, 2.24) is 0 Å². The number of fused-ring (bicyclic) bond motifs is 1. The van der Waals surface area contributed by atoms with E-state index < -0.39 is 27.4 Å². The van der Waals surface area contributed by atoms with Crippen LogP contribution in [-0.4, -0.2) is 29.8 Å². The topological polar surface area (TPSA) is 104 Å². The van der Waals surface area contributed by atoms with Gasteiger partial charge in [-0.3, -0.25) is 14.3 Å². The van der Waals surface area contributed by atoms with E-state index in [1.807, 2.05) is 6.92 Å². The van der Waals surface area contributed by atoms with Crippen LogP contribution in [0.3, 0.4) is 0 Å². The molecular weight excluding hydrogens is 318 g/mol. The summed E-state index contributed by atoms with van der Waals surface area (Å²) in [5.41, 5.74) is 0.842. The Morgan fingerprint density at radius 3 is 2.57 bits per heavy atom. The van der Waals surface area contributed by atoms with Gasteiger partial charge in [0, 0.05) is 11.1 Å². The molecule has 6 nitrogen and oxygen atoms in total. The second kappa shape index (κ2) is 6.05. The van der Waals surface area contributed by atoms with Gasteiger partial charge in [-0.15, -0.1) is 0 Å². The van der Waals surface area contributed by atoms with Crippen molar-refractivity contribution in [2.75, 3.05) is 0 Å². The maximum absolute atomic E-state index is 11.8. The molecular formula is C16H21NO5S. The molecule has 0 aromatic heterocycles. The first-order chi connectivity index (χ1) is 10.6. The van der Waals surface area contributed by atoms with Crippen LogP contribution in [0.2, 0.25) is 0 Å². The van der Waals surface area contributed by atoms with Crippen molar-refractivity contribution >= 4 is 27.5 Å². The van der Waals surface area contributed by atoms with E-state index in [0.29, 0.717) is 23.4 Å². The molecule has 1 aromatic carbocycles. The molecule has 2 N–H and O–H groups in total. The Balaban J connectivity index is 2.60. The molecule has 2 unspecified atom stereocenters. The normalized spacial score (nSPS) is 21.7. The largest absolute Gasteiger partial charge is 0.481 e. The number of aliphatic imine (C=N–C) groups is 1. The minimum absolute atomic E-state index is 0.244. The van der Waals surface area contributed by atoms with Gasteiger partial charge in [0.25, 0.3) is 10.1 Å². The fourth-order valence-corrected chi connectivity index (χ4v) is 3.69. The van der Waals surface area contributed by atoms with Gasteiger partial charge in [-0.05, 0) is 44.0 Å². The van der Waals surface area contributed by atoms with Crippen LogP contribution in [-0.2, 0) is 20.3 Å². The molecule has 1 aromatic rings. The average Bonchev–Trinajstić information content (AvgIpc) is 2.70. The Hall–Kier alpha value is -1.73. The zero-order valence-electron chi connectivity index (χ0n) is 13.4. The predicted molar refractivity (Wildman–Crippen MR) is 87.0 cm³/mol. The van der Waals surface area contributed by atoms with Gasteiger partial charge in [-0.2, -0.15) is 8.42 Å². The number of carboxylic acid groups (broad SMARTS) is 1. The molecule has 23 heavy (non-hydrogen) atoms. The molecule has 1 aliphatic heterocycles. The van der Waals surface area contributed by atoms with Crippen molar-refractivity contribution in [2.24, 2.45) is 10.9 Å². The Labute approximate surface area is 136 Å². The van der Waals surface area contributed by atoms with Crippen LogP contribution in [0.5, 0.6) is 0 Å². The summed E-state index contributed by atoms with van der Waals surface area (Å²) in [6.45, 7) is 5.52. The van der Waals surface area contributed by atoms with E-state index in [9.17, 15) is 22.9 Å². The zero-order valence-corrected chi connectivity index (χ0v) is 14.2. The van der Waals surface area contributed by atoms with E-state index in [1.54, 1.807) is 13.8 Å². The van der Waals surface area contributed by atoms with Crippen LogP contribution in [0, 0.1) is 5.92 Å². The van der Waals surface area contributed by atoms with Crippen LogP contribution < -0.4 is 0 Å². The third-order valence-corrected chi connectivity index (χ3v) is 5.56. The van der Waals surface area contributed by atoms with Crippen LogP contribution in [0.25, 0.3) is 0 Å². The smallest absolute Gasteiger partial charge is 0.307 e. The van der Waals surface area contributed by atoms with Gasteiger partial charge in [-0.1, -0.05) is 19.8 Å². The van der Waals surface area contributed by atoms with Crippen molar-refractivity contribution in [1.29, 1.82) is 0 Å². The minimum atomic E-state index is -4.35. The lowest BCUT2D eigenvalue weighted by Crippen LogP contribution is -2.41. The van der Waals surface area contributed by atoms with Crippen molar-refractivity contribution in [2.45, 2.75) is 50.3 Å². The molecule has 2 rings (SSSR count). The molecule has 0 spiro atoms. The monoisotopic (exact) mass is 339 g/mol. The summed E-state index contributed by atoms with van der Waals surface area (Å²) in [5.74, 6) is -1.63. The molecule has 0 bridgehead atoms. The summed E-state index contributed by atoms with van der Waals surface area (Å²) in [5, 5.41) is 9.68. The lowest BCUT2D eigenvalue weighted by Gasteiger charge is -2.33. The summed E-state index contributed by atoms with van der Waals surface area (Å²) in [6, 6.07) is 4.12. The summed E-state index contributed by atoms with van der Waals surface area (Å²) >= 11 is 0. The fourth-order valence-electron chi connectivity index (χ4n) is 3.19. The summed E-state index contributed by atoms with van der Waals surface area (Å²) in [6.07, 6.45) is 2.10. The van der Waals surface area contributed by atoms with Crippen LogP contribution in [0.4, 0.5) is 5.69 Å². The summed E-state index contributed by atoms with van der Waals surface area (Å²) in [7, 11) is -4.35. The molecule has 0 saturated heterocycles. The Bertz CT molecular complexity index is 769. The molecule has 0 saturated carbocycles. The number of hydrogen-bond acceptors (Lipinski definition) is 4. The molecule has 0 radical (unpaired) electrons. The lowest BCUT2D eigenvalue weighted by atomic mass is 9.68. The molecule has 7 heteroatoms. The van der Waals surface area contributed by atoms with Crippen LogP contribution in [0.15, 0.2) is 28.1 Å². The minimum Gasteiger partial charge on any atom is -0.481 e. The number of hydrogen-bond donors (Lipinski definition) is 2. The van der Waals surface area contributed by atoms with Gasteiger partial charge >= 0.3 is 5.97 Å². The molecule has 0 fully saturated rings. The lowest BCUT2D eigenvalue weighted by molar-refractivity contribution is -0.143. The Morgan fingerprint density at radius 1 is 1.39 bits per heavy atom. The van der Waals surface area contributed by atoms with E-state index >= 15 is 0 Å². The number of unbranched alkanes of at least 4 members (excludes halogenated alkanes) is 1. The first-order valence-electron chi connectivity index (χ1n) is 7.53. The number of benzene rings is 1. The van der Waals surface area contributed by atoms with E-state index in [0.717, 1.165) is 12.8 Å². The number of nitrogens with zero attached hydrogens (tertiary/aromatic N) is 1. The molecule has 0 aliphatic carbocycles. The first kappa shape index (κ1) is 17.6. The second-order valence-electron chi connectivity index (χ2n) is 6.09. The Morgan fingerprint density at radius 2 is 2.04 bits per heavy atom. The van der Waals surface area contributed by atoms with Crippen molar-refractivity contribution in [3.63, 3.8) is 0 Å². The molecule has 1 aliphatic rings. The maximum Gasteiger partial charge on any atom is 0.307 e. The number of rotatable bonds is 6. The third-order valence-electron chi connectivity index (χ3n) is 4.71. The average molecular weight is 339 g/mol. The van der Waals surface area contributed by atoms with Crippen LogP contribution in [0.1, 0.15) is 45.6 Å². The molecule has 0 amide bonds. The highest BCUT2D eigenvalue weighted by Gasteiger charge is 2.47. The van der Waals surface area contributed by atoms with E-state index in [4.69, 9.17) is 0 Å². The third kappa shape index (κ3) is 3.03. The predicted octanol–water partition coefficient (Wildman–Crippen LogP) is 3.19. The van der Waals surface area contributed by atoms with Crippen molar-refractivity contribution < 1.29 is 22.9 Å². The standard InChI is InChI=1S/C16H21NO5S/c1-4-5-6-12(15(18)19)16(3)10(2)17-14-8-7-11(9-13(14)16)23(20,21)22/h7-9,12H,4-6H2,1-3H3,(H,18,19)(H,20,21,22). The Kier molecular flexibility index (Phi) is 4.64. The summed E-state index contributed by atoms with van der Waals surface area (Å²) < 4.78 is 32.1.